The van der Waals surface area contributed by atoms with Gasteiger partial charge in [0, 0.05) is 81.0 Å². The number of nitrogens with zero attached hydrogens (tertiary/aromatic N) is 1. The lowest BCUT2D eigenvalue weighted by Gasteiger charge is -2.26. The molecule has 0 aliphatic carbocycles. The Morgan fingerprint density at radius 1 is 0.960 bits per heavy atom. The molecule has 2 aromatic carbocycles. The zero-order valence-corrected chi connectivity index (χ0v) is 30.9. The van der Waals surface area contributed by atoms with E-state index in [1.165, 1.54) is 5.56 Å². The number of amides is 2. The van der Waals surface area contributed by atoms with Crippen LogP contribution in [0.2, 0.25) is 0 Å². The number of carbonyl (C=O) groups excluding carboxylic acids is 2. The third-order valence-electron chi connectivity index (χ3n) is 8.87. The van der Waals surface area contributed by atoms with Crippen molar-refractivity contribution in [2.24, 2.45) is 0 Å². The maximum Gasteiger partial charge on any atom is 0.407 e. The van der Waals surface area contributed by atoms with Crippen LogP contribution in [0.25, 0.3) is 11.1 Å². The van der Waals surface area contributed by atoms with Gasteiger partial charge in [-0.15, -0.1) is 0 Å². The lowest BCUT2D eigenvalue weighted by atomic mass is 9.95. The van der Waals surface area contributed by atoms with E-state index in [-0.39, 0.29) is 24.1 Å². The van der Waals surface area contributed by atoms with Crippen LogP contribution in [0.5, 0.6) is 0 Å². The molecule has 3 aromatic rings. The smallest absolute Gasteiger partial charge is 0.407 e. The lowest BCUT2D eigenvalue weighted by molar-refractivity contribution is 0.0528. The average Bonchev–Trinajstić information content (AvgIpc) is 3.06. The van der Waals surface area contributed by atoms with E-state index < -0.39 is 11.7 Å². The largest absolute Gasteiger partial charge is 0.444 e. The summed E-state index contributed by atoms with van der Waals surface area (Å²) in [6.07, 6.45) is 1.41. The maximum atomic E-state index is 13.7. The van der Waals surface area contributed by atoms with Crippen LogP contribution in [0, 0.1) is 20.8 Å². The van der Waals surface area contributed by atoms with E-state index in [1.807, 2.05) is 53.7 Å². The minimum Gasteiger partial charge on any atom is -0.444 e. The van der Waals surface area contributed by atoms with E-state index in [9.17, 15) is 14.4 Å². The van der Waals surface area contributed by atoms with Crippen LogP contribution in [0.4, 0.5) is 10.5 Å². The normalized spacial score (nSPS) is 13.7. The third kappa shape index (κ3) is 11.7. The van der Waals surface area contributed by atoms with Gasteiger partial charge in [0.05, 0.1) is 0 Å². The van der Waals surface area contributed by atoms with Crippen molar-refractivity contribution in [3.63, 3.8) is 0 Å². The van der Waals surface area contributed by atoms with Gasteiger partial charge in [-0.05, 0) is 107 Å². The van der Waals surface area contributed by atoms with Crippen LogP contribution in [-0.4, -0.2) is 79.5 Å². The Labute approximate surface area is 296 Å². The quantitative estimate of drug-likeness (QED) is 0.134. The Kier molecular flexibility index (Phi) is 14.0. The number of alkyl carbamates (subject to hydrolysis) is 1. The fraction of sp³-hybridized carbons (Fsp3) is 0.513. The Morgan fingerprint density at radius 3 is 2.34 bits per heavy atom. The van der Waals surface area contributed by atoms with Gasteiger partial charge in [-0.25, -0.2) is 4.79 Å². The summed E-state index contributed by atoms with van der Waals surface area (Å²) in [6, 6.07) is 14.8. The number of anilines is 1. The SMILES string of the molecule is CCN(CCNCCNC(=O)OC(C)(C)C)Cc1ccc(-c2cc(NC3CCOCC3)c(C)c(C(=O)NCc3c(C)cc(C)[nH]c3=O)c2)cc1. The van der Waals surface area contributed by atoms with E-state index in [4.69, 9.17) is 9.47 Å². The van der Waals surface area contributed by atoms with Crippen molar-refractivity contribution in [3.05, 3.63) is 86.3 Å². The van der Waals surface area contributed by atoms with Crippen LogP contribution in [0.1, 0.15) is 78.8 Å². The Morgan fingerprint density at radius 2 is 1.68 bits per heavy atom. The molecule has 11 nitrogen and oxygen atoms in total. The van der Waals surface area contributed by atoms with Gasteiger partial charge in [0.15, 0.2) is 0 Å². The molecule has 272 valence electrons. The standard InChI is InChI=1S/C39H56N6O5/c1-8-45(18-17-40-15-16-41-38(48)50-39(5,6)7)25-29-9-11-30(12-10-29)31-22-33(28(4)35(23-31)44-32-13-19-49-20-14-32)36(46)42-24-34-26(2)21-27(3)43-37(34)47/h9-12,21-23,32,40,44H,8,13-20,24-25H2,1-7H3,(H,41,48)(H,42,46)(H,43,47). The third-order valence-corrected chi connectivity index (χ3v) is 8.87. The van der Waals surface area contributed by atoms with Gasteiger partial charge in [0.2, 0.25) is 0 Å². The van der Waals surface area contributed by atoms with E-state index in [0.717, 1.165) is 72.7 Å². The first-order chi connectivity index (χ1) is 23.8. The highest BCUT2D eigenvalue weighted by molar-refractivity contribution is 5.98. The molecule has 1 aliphatic rings. The predicted octanol–water partition coefficient (Wildman–Crippen LogP) is 5.42. The number of pyridine rings is 1. The minimum atomic E-state index is -0.507. The molecule has 1 aromatic heterocycles. The number of hydrogen-bond donors (Lipinski definition) is 5. The number of H-pyrrole nitrogens is 1. The summed E-state index contributed by atoms with van der Waals surface area (Å²) < 4.78 is 10.8. The van der Waals surface area contributed by atoms with E-state index in [2.05, 4.69) is 68.4 Å². The zero-order valence-electron chi connectivity index (χ0n) is 30.9. The number of nitrogens with one attached hydrogen (secondary N) is 5. The van der Waals surface area contributed by atoms with Crippen molar-refractivity contribution >= 4 is 17.7 Å². The summed E-state index contributed by atoms with van der Waals surface area (Å²) in [5, 5.41) is 12.9. The summed E-state index contributed by atoms with van der Waals surface area (Å²) >= 11 is 0. The topological polar surface area (TPSA) is 137 Å². The molecule has 5 N–H and O–H groups in total. The monoisotopic (exact) mass is 688 g/mol. The minimum absolute atomic E-state index is 0.147. The molecule has 1 aliphatic heterocycles. The summed E-state index contributed by atoms with van der Waals surface area (Å²) in [6.45, 7) is 19.5. The first-order valence-corrected chi connectivity index (χ1v) is 17.8. The predicted molar refractivity (Wildman–Crippen MR) is 200 cm³/mol. The van der Waals surface area contributed by atoms with Crippen LogP contribution >= 0.6 is 0 Å². The lowest BCUT2D eigenvalue weighted by Crippen LogP contribution is -2.38. The number of rotatable bonds is 15. The zero-order chi connectivity index (χ0) is 36.3. The van der Waals surface area contributed by atoms with Gasteiger partial charge in [0.25, 0.3) is 11.5 Å². The molecule has 0 unspecified atom stereocenters. The maximum absolute atomic E-state index is 13.7. The molecule has 11 heteroatoms. The van der Waals surface area contributed by atoms with Crippen molar-refractivity contribution in [1.82, 2.24) is 25.8 Å². The molecular formula is C39H56N6O5. The highest BCUT2D eigenvalue weighted by Gasteiger charge is 2.20. The Balaban J connectivity index is 1.42. The van der Waals surface area contributed by atoms with Gasteiger partial charge >= 0.3 is 6.09 Å². The first-order valence-electron chi connectivity index (χ1n) is 17.8. The number of aromatic amines is 1. The number of carbonyl (C=O) groups is 2. The van der Waals surface area contributed by atoms with Crippen LogP contribution in [0.15, 0.2) is 47.3 Å². The van der Waals surface area contributed by atoms with Crippen LogP contribution < -0.4 is 26.8 Å². The molecule has 0 bridgehead atoms. The molecule has 2 heterocycles. The Hall–Kier alpha value is -4.19. The molecule has 1 saturated heterocycles. The summed E-state index contributed by atoms with van der Waals surface area (Å²) in [7, 11) is 0. The van der Waals surface area contributed by atoms with Crippen molar-refractivity contribution in [2.75, 3.05) is 51.3 Å². The molecule has 2 amide bonds. The summed E-state index contributed by atoms with van der Waals surface area (Å²) in [5.41, 5.74) is 7.06. The second-order valence-corrected chi connectivity index (χ2v) is 14.1. The highest BCUT2D eigenvalue weighted by atomic mass is 16.6. The van der Waals surface area contributed by atoms with Crippen molar-refractivity contribution in [1.29, 1.82) is 0 Å². The molecule has 50 heavy (non-hydrogen) atoms. The molecule has 1 fully saturated rings. The van der Waals surface area contributed by atoms with Crippen LogP contribution in [-0.2, 0) is 22.6 Å². The highest BCUT2D eigenvalue weighted by Crippen LogP contribution is 2.31. The number of aryl methyl sites for hydroxylation is 2. The van der Waals surface area contributed by atoms with Gasteiger partial charge in [0.1, 0.15) is 5.60 Å². The number of ether oxygens (including phenoxy) is 2. The first kappa shape index (κ1) is 38.6. The molecule has 0 atom stereocenters. The average molecular weight is 689 g/mol. The molecule has 4 rings (SSSR count). The van der Waals surface area contributed by atoms with Crippen molar-refractivity contribution in [3.8, 4) is 11.1 Å². The second-order valence-electron chi connectivity index (χ2n) is 14.1. The Bertz CT molecular complexity index is 1640. The van der Waals surface area contributed by atoms with Gasteiger partial charge in [-0.1, -0.05) is 31.2 Å². The summed E-state index contributed by atoms with van der Waals surface area (Å²) in [4.78, 5) is 43.3. The molecular weight excluding hydrogens is 632 g/mol. The van der Waals surface area contributed by atoms with Gasteiger partial charge < -0.3 is 35.7 Å². The van der Waals surface area contributed by atoms with Gasteiger partial charge in [-0.2, -0.15) is 0 Å². The number of hydrogen-bond acceptors (Lipinski definition) is 8. The van der Waals surface area contributed by atoms with E-state index >= 15 is 0 Å². The van der Waals surface area contributed by atoms with E-state index in [0.29, 0.717) is 37.4 Å². The number of likely N-dealkylation sites (N-methyl/N-ethyl adjacent to an activating group) is 1. The van der Waals surface area contributed by atoms with Gasteiger partial charge in [-0.3, -0.25) is 14.5 Å². The number of aromatic nitrogens is 1. The fourth-order valence-corrected chi connectivity index (χ4v) is 6.03. The van der Waals surface area contributed by atoms with Crippen molar-refractivity contribution in [2.45, 2.75) is 86.0 Å². The number of benzene rings is 2. The van der Waals surface area contributed by atoms with E-state index in [1.54, 1.807) is 0 Å². The molecule has 0 saturated carbocycles. The fourth-order valence-electron chi connectivity index (χ4n) is 6.03. The summed E-state index contributed by atoms with van der Waals surface area (Å²) in [5.74, 6) is -0.219. The molecule has 0 spiro atoms. The van der Waals surface area contributed by atoms with Crippen molar-refractivity contribution < 1.29 is 19.1 Å². The molecule has 0 radical (unpaired) electrons. The van der Waals surface area contributed by atoms with Crippen LogP contribution in [0.3, 0.4) is 0 Å². The second kappa shape index (κ2) is 18.2.